The predicted octanol–water partition coefficient (Wildman–Crippen LogP) is 1.61. The smallest absolute Gasteiger partial charge is 0.338 e. The number of nitrogens with one attached hydrogen (secondary N) is 1. The number of anilines is 1. The summed E-state index contributed by atoms with van der Waals surface area (Å²) >= 11 is 0. The van der Waals surface area contributed by atoms with E-state index < -0.39 is 31.4 Å². The summed E-state index contributed by atoms with van der Waals surface area (Å²) in [6.45, 7) is 0. The van der Waals surface area contributed by atoms with Gasteiger partial charge >= 0.3 is 5.97 Å². The van der Waals surface area contributed by atoms with Gasteiger partial charge in [0.15, 0.2) is 21.3 Å². The van der Waals surface area contributed by atoms with Crippen molar-refractivity contribution in [1.29, 1.82) is 0 Å². The van der Waals surface area contributed by atoms with Crippen molar-refractivity contribution >= 4 is 31.5 Å². The van der Waals surface area contributed by atoms with Gasteiger partial charge in [-0.05, 0) is 24.3 Å². The molecule has 29 heavy (non-hydrogen) atoms. The van der Waals surface area contributed by atoms with Crippen molar-refractivity contribution in [3.63, 3.8) is 0 Å². The molecule has 0 amide bonds. The zero-order chi connectivity index (χ0) is 22.0. The Labute approximate surface area is 168 Å². The molecule has 0 aromatic heterocycles. The van der Waals surface area contributed by atoms with Crippen molar-refractivity contribution in [3.8, 4) is 17.2 Å². The highest BCUT2D eigenvalue weighted by Crippen LogP contribution is 2.45. The highest BCUT2D eigenvalue weighted by molar-refractivity contribution is 7.92. The maximum Gasteiger partial charge on any atom is 0.338 e. The van der Waals surface area contributed by atoms with Crippen molar-refractivity contribution in [2.75, 3.05) is 32.3 Å². The van der Waals surface area contributed by atoms with E-state index in [2.05, 4.69) is 4.72 Å². The van der Waals surface area contributed by atoms with Crippen LogP contribution in [0.3, 0.4) is 0 Å². The molecule has 0 aliphatic rings. The van der Waals surface area contributed by atoms with Crippen LogP contribution in [0, 0.1) is 0 Å². The Morgan fingerprint density at radius 2 is 1.41 bits per heavy atom. The third-order valence-electron chi connectivity index (χ3n) is 3.86. The number of methoxy groups -OCH3 is 3. The third-order valence-corrected chi connectivity index (χ3v) is 6.35. The van der Waals surface area contributed by atoms with E-state index in [1.54, 1.807) is 0 Å². The van der Waals surface area contributed by atoms with Crippen LogP contribution in [-0.4, -0.2) is 55.5 Å². The second-order valence-electron chi connectivity index (χ2n) is 5.72. The maximum absolute atomic E-state index is 12.8. The van der Waals surface area contributed by atoms with Crippen LogP contribution in [0.25, 0.3) is 0 Å². The second kappa shape index (κ2) is 8.17. The summed E-state index contributed by atoms with van der Waals surface area (Å²) in [5.74, 6) is -1.61. The monoisotopic (exact) mass is 445 g/mol. The summed E-state index contributed by atoms with van der Waals surface area (Å²) < 4.78 is 66.2. The van der Waals surface area contributed by atoms with Gasteiger partial charge in [-0.25, -0.2) is 21.6 Å². The van der Waals surface area contributed by atoms with Crippen LogP contribution in [-0.2, 0) is 19.9 Å². The van der Waals surface area contributed by atoms with E-state index in [-0.39, 0.29) is 32.7 Å². The number of sulfonamides is 1. The molecule has 0 fully saturated rings. The number of carboxylic acid groups (broad SMARTS) is 1. The lowest BCUT2D eigenvalue weighted by Gasteiger charge is -2.19. The summed E-state index contributed by atoms with van der Waals surface area (Å²) in [4.78, 5) is 11.3. The fourth-order valence-electron chi connectivity index (χ4n) is 2.49. The SMILES string of the molecule is COc1cc(C(=O)O)c(NS(=O)(=O)c2ccc(S(C)(=O)=O)cc2)c(OC)c1OC. The Kier molecular flexibility index (Phi) is 6.28. The zero-order valence-electron chi connectivity index (χ0n) is 15.9. The van der Waals surface area contributed by atoms with Gasteiger partial charge in [0.05, 0.1) is 36.7 Å². The van der Waals surface area contributed by atoms with Crippen LogP contribution in [0.5, 0.6) is 17.2 Å². The molecule has 0 saturated heterocycles. The van der Waals surface area contributed by atoms with Crippen LogP contribution in [0.4, 0.5) is 5.69 Å². The number of hydrogen-bond donors (Lipinski definition) is 2. The van der Waals surface area contributed by atoms with Crippen molar-refractivity contribution in [1.82, 2.24) is 0 Å². The lowest BCUT2D eigenvalue weighted by atomic mass is 10.1. The molecule has 0 atom stereocenters. The molecule has 2 aromatic carbocycles. The van der Waals surface area contributed by atoms with Crippen molar-refractivity contribution in [2.24, 2.45) is 0 Å². The summed E-state index contributed by atoms with van der Waals surface area (Å²) in [7, 11) is -4.03. The highest BCUT2D eigenvalue weighted by atomic mass is 32.2. The molecule has 0 saturated carbocycles. The molecule has 0 unspecified atom stereocenters. The van der Waals surface area contributed by atoms with Crippen LogP contribution in [0.15, 0.2) is 40.1 Å². The summed E-state index contributed by atoms with van der Waals surface area (Å²) in [5, 5.41) is 9.51. The van der Waals surface area contributed by atoms with Crippen LogP contribution >= 0.6 is 0 Å². The molecule has 0 radical (unpaired) electrons. The first-order valence-corrected chi connectivity index (χ1v) is 11.2. The fourth-order valence-corrected chi connectivity index (χ4v) is 4.20. The molecule has 0 spiro atoms. The van der Waals surface area contributed by atoms with Crippen LogP contribution in [0.2, 0.25) is 0 Å². The van der Waals surface area contributed by atoms with E-state index in [1.807, 2.05) is 0 Å². The average Bonchev–Trinajstić information content (AvgIpc) is 2.66. The van der Waals surface area contributed by atoms with E-state index >= 15 is 0 Å². The first-order chi connectivity index (χ1) is 13.5. The van der Waals surface area contributed by atoms with Crippen molar-refractivity contribution in [2.45, 2.75) is 9.79 Å². The molecule has 158 valence electrons. The minimum Gasteiger partial charge on any atom is -0.493 e. The molecular weight excluding hydrogens is 426 g/mol. The molecular formula is C17H19NO9S2. The number of sulfone groups is 1. The lowest BCUT2D eigenvalue weighted by molar-refractivity contribution is 0.0697. The molecule has 0 aliphatic carbocycles. The fraction of sp³-hybridized carbons (Fsp3) is 0.235. The van der Waals surface area contributed by atoms with Gasteiger partial charge in [0.25, 0.3) is 10.0 Å². The molecule has 2 aromatic rings. The first-order valence-electron chi connectivity index (χ1n) is 7.85. The van der Waals surface area contributed by atoms with Crippen LogP contribution in [0.1, 0.15) is 10.4 Å². The Hall–Kier alpha value is -2.99. The minimum atomic E-state index is -4.29. The van der Waals surface area contributed by atoms with Crippen molar-refractivity contribution < 1.29 is 40.9 Å². The third kappa shape index (κ3) is 4.54. The lowest BCUT2D eigenvalue weighted by Crippen LogP contribution is -2.17. The normalized spacial score (nSPS) is 11.6. The van der Waals surface area contributed by atoms with Gasteiger partial charge in [-0.2, -0.15) is 0 Å². The molecule has 12 heteroatoms. The molecule has 0 heterocycles. The van der Waals surface area contributed by atoms with Gasteiger partial charge in [-0.1, -0.05) is 0 Å². The van der Waals surface area contributed by atoms with Crippen LogP contribution < -0.4 is 18.9 Å². The summed E-state index contributed by atoms with van der Waals surface area (Å²) in [6, 6.07) is 5.54. The Balaban J connectivity index is 2.63. The largest absolute Gasteiger partial charge is 0.493 e. The predicted molar refractivity (Wildman–Crippen MR) is 103 cm³/mol. The summed E-state index contributed by atoms with van der Waals surface area (Å²) in [6.07, 6.45) is 0.988. The number of ether oxygens (including phenoxy) is 3. The molecule has 0 bridgehead atoms. The quantitative estimate of drug-likeness (QED) is 0.619. The number of hydrogen-bond acceptors (Lipinski definition) is 8. The van der Waals surface area contributed by atoms with Gasteiger partial charge < -0.3 is 19.3 Å². The van der Waals surface area contributed by atoms with E-state index in [1.165, 1.54) is 21.3 Å². The number of carbonyl (C=O) groups is 1. The first kappa shape index (κ1) is 22.3. The van der Waals surface area contributed by atoms with Crippen molar-refractivity contribution in [3.05, 3.63) is 35.9 Å². The standard InChI is InChI=1S/C17H19NO9S2/c1-25-13-9-12(17(19)20)14(16(27-3)15(13)26-2)18-29(23,24)11-7-5-10(6-8-11)28(4,21)22/h5-9,18H,1-4H3,(H,19,20). The van der Waals surface area contributed by atoms with Gasteiger partial charge in [0, 0.05) is 12.3 Å². The van der Waals surface area contributed by atoms with E-state index in [4.69, 9.17) is 14.2 Å². The molecule has 2 N–H and O–H groups in total. The van der Waals surface area contributed by atoms with E-state index in [0.717, 1.165) is 36.6 Å². The Bertz CT molecular complexity index is 1140. The highest BCUT2D eigenvalue weighted by Gasteiger charge is 2.28. The number of rotatable bonds is 8. The Morgan fingerprint density at radius 3 is 1.83 bits per heavy atom. The molecule has 2 rings (SSSR count). The maximum atomic E-state index is 12.8. The summed E-state index contributed by atoms with van der Waals surface area (Å²) in [5.41, 5.74) is -0.805. The van der Waals surface area contributed by atoms with Gasteiger partial charge in [-0.15, -0.1) is 0 Å². The zero-order valence-corrected chi connectivity index (χ0v) is 17.5. The average molecular weight is 445 g/mol. The topological polar surface area (TPSA) is 145 Å². The van der Waals surface area contributed by atoms with E-state index in [9.17, 15) is 26.7 Å². The second-order valence-corrected chi connectivity index (χ2v) is 9.42. The Morgan fingerprint density at radius 1 is 0.897 bits per heavy atom. The number of aromatic carboxylic acids is 1. The number of carboxylic acids is 1. The minimum absolute atomic E-state index is 0.00914. The molecule has 0 aliphatic heterocycles. The van der Waals surface area contributed by atoms with E-state index in [0.29, 0.717) is 0 Å². The van der Waals surface area contributed by atoms with Gasteiger partial charge in [0.2, 0.25) is 5.75 Å². The molecule has 10 nitrogen and oxygen atoms in total. The van der Waals surface area contributed by atoms with Gasteiger partial charge in [-0.3, -0.25) is 4.72 Å². The van der Waals surface area contributed by atoms with Gasteiger partial charge in [0.1, 0.15) is 5.69 Å². The number of benzene rings is 2.